The lowest BCUT2D eigenvalue weighted by Crippen LogP contribution is -2.46. The van der Waals surface area contributed by atoms with Gasteiger partial charge in [0, 0.05) is 13.2 Å². The molecule has 1 rings (SSSR count). The number of anilines is 2. The molecule has 0 spiro atoms. The van der Waals surface area contributed by atoms with Crippen molar-refractivity contribution >= 4 is 35.4 Å². The van der Waals surface area contributed by atoms with E-state index < -0.39 is 58.9 Å². The smallest absolute Gasteiger partial charge is 0.330 e. The minimum Gasteiger partial charge on any atom is -0.467 e. The van der Waals surface area contributed by atoms with Gasteiger partial charge in [-0.25, -0.2) is 19.6 Å². The van der Waals surface area contributed by atoms with Crippen molar-refractivity contribution in [1.29, 1.82) is 0 Å². The zero-order valence-electron chi connectivity index (χ0n) is 21.1. The standard InChI is InChI=1S/C22H36N6O8/c1-5-7-9-35-11-13(21(31)33-3)25-19(29)15-17(23)28-16(18(24)27-15)20(30)26-14(22(32)34-4)12-36-10-8-6-2/h13-14H,5-12H2,1-4H3,(H2,24,27)(H2,23,28)(H,25,29)(H,26,30)/t13-,14-/m1/s1. The van der Waals surface area contributed by atoms with Crippen LogP contribution in [0.3, 0.4) is 0 Å². The van der Waals surface area contributed by atoms with Gasteiger partial charge in [0.05, 0.1) is 27.4 Å². The average molecular weight is 513 g/mol. The van der Waals surface area contributed by atoms with Gasteiger partial charge >= 0.3 is 11.9 Å². The maximum Gasteiger partial charge on any atom is 0.330 e. The molecule has 1 aromatic heterocycles. The molecule has 0 aliphatic heterocycles. The van der Waals surface area contributed by atoms with E-state index in [1.54, 1.807) is 0 Å². The van der Waals surface area contributed by atoms with Gasteiger partial charge in [0.1, 0.15) is 0 Å². The minimum atomic E-state index is -1.13. The molecule has 0 aliphatic carbocycles. The fourth-order valence-electron chi connectivity index (χ4n) is 2.77. The Hall–Kier alpha value is -3.52. The van der Waals surface area contributed by atoms with Gasteiger partial charge in [0.25, 0.3) is 11.8 Å². The van der Waals surface area contributed by atoms with E-state index in [4.69, 9.17) is 30.4 Å². The van der Waals surface area contributed by atoms with Crippen molar-refractivity contribution < 1.29 is 38.1 Å². The number of unbranched alkanes of at least 4 members (excludes halogenated alkanes) is 2. The van der Waals surface area contributed by atoms with E-state index in [0.717, 1.165) is 25.7 Å². The van der Waals surface area contributed by atoms with Crippen LogP contribution in [0.1, 0.15) is 60.5 Å². The SMILES string of the molecule is CCCCOC[C@@H](NC(=O)c1nc(N)c(C(=O)N[C@H](COCCCC)C(=O)OC)nc1N)C(=O)OC. The van der Waals surface area contributed by atoms with E-state index in [1.807, 2.05) is 13.8 Å². The molecule has 0 aromatic carbocycles. The highest BCUT2D eigenvalue weighted by Gasteiger charge is 2.28. The summed E-state index contributed by atoms with van der Waals surface area (Å²) >= 11 is 0. The first-order valence-electron chi connectivity index (χ1n) is 11.6. The van der Waals surface area contributed by atoms with Gasteiger partial charge in [-0.05, 0) is 12.8 Å². The molecule has 0 unspecified atom stereocenters. The Balaban J connectivity index is 2.98. The molecular formula is C22H36N6O8. The lowest BCUT2D eigenvalue weighted by molar-refractivity contribution is -0.145. The lowest BCUT2D eigenvalue weighted by Gasteiger charge is -2.18. The van der Waals surface area contributed by atoms with Crippen LogP contribution in [-0.2, 0) is 28.5 Å². The third-order valence-electron chi connectivity index (χ3n) is 4.82. The summed E-state index contributed by atoms with van der Waals surface area (Å²) < 4.78 is 20.2. The Morgan fingerprint density at radius 2 is 1.11 bits per heavy atom. The highest BCUT2D eigenvalue weighted by molar-refractivity contribution is 6.02. The van der Waals surface area contributed by atoms with Crippen molar-refractivity contribution in [3.8, 4) is 0 Å². The molecular weight excluding hydrogens is 476 g/mol. The normalized spacial score (nSPS) is 12.3. The van der Waals surface area contributed by atoms with E-state index in [0.29, 0.717) is 13.2 Å². The van der Waals surface area contributed by atoms with Gasteiger partial charge in [-0.2, -0.15) is 0 Å². The number of carbonyl (C=O) groups is 4. The third kappa shape index (κ3) is 9.62. The Morgan fingerprint density at radius 3 is 1.42 bits per heavy atom. The van der Waals surface area contributed by atoms with Crippen LogP contribution >= 0.6 is 0 Å². The van der Waals surface area contributed by atoms with Crippen molar-refractivity contribution in [2.45, 2.75) is 51.6 Å². The lowest BCUT2D eigenvalue weighted by atomic mass is 10.2. The molecule has 14 heteroatoms. The molecule has 2 amide bonds. The Kier molecular flexibility index (Phi) is 13.7. The van der Waals surface area contributed by atoms with Gasteiger partial charge in [0.2, 0.25) is 0 Å². The Labute approximate surface area is 209 Å². The summed E-state index contributed by atoms with van der Waals surface area (Å²) in [5, 5.41) is 4.82. The number of nitrogens with one attached hydrogen (secondary N) is 2. The molecule has 2 atom stereocenters. The largest absolute Gasteiger partial charge is 0.467 e. The van der Waals surface area contributed by atoms with Crippen LogP contribution in [0.15, 0.2) is 0 Å². The maximum atomic E-state index is 12.7. The Morgan fingerprint density at radius 1 is 0.750 bits per heavy atom. The average Bonchev–Trinajstić information content (AvgIpc) is 2.87. The van der Waals surface area contributed by atoms with Crippen LogP contribution in [0, 0.1) is 0 Å². The zero-order valence-corrected chi connectivity index (χ0v) is 21.1. The number of hydrogen-bond donors (Lipinski definition) is 4. The predicted molar refractivity (Wildman–Crippen MR) is 129 cm³/mol. The minimum absolute atomic E-state index is 0.128. The zero-order chi connectivity index (χ0) is 27.1. The van der Waals surface area contributed by atoms with E-state index in [9.17, 15) is 19.2 Å². The molecule has 0 saturated carbocycles. The molecule has 6 N–H and O–H groups in total. The van der Waals surface area contributed by atoms with Gasteiger partial charge in [-0.3, -0.25) is 9.59 Å². The second kappa shape index (κ2) is 16.2. The van der Waals surface area contributed by atoms with E-state index in [2.05, 4.69) is 20.6 Å². The topological polar surface area (TPSA) is 207 Å². The number of esters is 2. The molecule has 0 saturated heterocycles. The summed E-state index contributed by atoms with van der Waals surface area (Å²) in [5.41, 5.74) is 10.9. The van der Waals surface area contributed by atoms with Crippen molar-refractivity contribution in [1.82, 2.24) is 20.6 Å². The molecule has 1 aromatic rings. The van der Waals surface area contributed by atoms with Crippen molar-refractivity contribution in [3.05, 3.63) is 11.4 Å². The molecule has 0 fully saturated rings. The van der Waals surface area contributed by atoms with Crippen LogP contribution in [0.25, 0.3) is 0 Å². The molecule has 202 valence electrons. The van der Waals surface area contributed by atoms with Crippen molar-refractivity contribution in [2.75, 3.05) is 52.1 Å². The van der Waals surface area contributed by atoms with Crippen molar-refractivity contribution in [3.63, 3.8) is 0 Å². The number of methoxy groups -OCH3 is 2. The van der Waals surface area contributed by atoms with Crippen LogP contribution in [0.2, 0.25) is 0 Å². The first-order chi connectivity index (χ1) is 17.2. The molecule has 0 aliphatic rings. The fourth-order valence-corrected chi connectivity index (χ4v) is 2.77. The quantitative estimate of drug-likeness (QED) is 0.168. The van der Waals surface area contributed by atoms with Gasteiger partial charge < -0.3 is 41.0 Å². The molecule has 36 heavy (non-hydrogen) atoms. The molecule has 1 heterocycles. The third-order valence-corrected chi connectivity index (χ3v) is 4.82. The monoisotopic (exact) mass is 512 g/mol. The van der Waals surface area contributed by atoms with E-state index >= 15 is 0 Å². The number of nitrogen functional groups attached to an aromatic ring is 2. The van der Waals surface area contributed by atoms with Gasteiger partial charge in [-0.1, -0.05) is 26.7 Å². The second-order valence-corrected chi connectivity index (χ2v) is 7.65. The van der Waals surface area contributed by atoms with E-state index in [1.165, 1.54) is 14.2 Å². The number of aromatic nitrogens is 2. The summed E-state index contributed by atoms with van der Waals surface area (Å²) in [6.07, 6.45) is 3.35. The molecule has 0 radical (unpaired) electrons. The van der Waals surface area contributed by atoms with Crippen LogP contribution in [0.5, 0.6) is 0 Å². The first kappa shape index (κ1) is 30.5. The number of ether oxygens (including phenoxy) is 4. The fraction of sp³-hybridized carbons (Fsp3) is 0.636. The molecule has 0 bridgehead atoms. The van der Waals surface area contributed by atoms with Crippen molar-refractivity contribution in [2.24, 2.45) is 0 Å². The summed E-state index contributed by atoms with van der Waals surface area (Å²) in [7, 11) is 2.34. The summed E-state index contributed by atoms with van der Waals surface area (Å²) in [6, 6.07) is -2.25. The number of carbonyl (C=O) groups excluding carboxylic acids is 4. The number of rotatable bonds is 16. The van der Waals surface area contributed by atoms with Crippen LogP contribution in [0.4, 0.5) is 11.6 Å². The summed E-state index contributed by atoms with van der Waals surface area (Å²) in [6.45, 7) is 4.50. The number of nitrogens with two attached hydrogens (primary N) is 2. The van der Waals surface area contributed by atoms with Crippen LogP contribution in [-0.4, -0.2) is 86.5 Å². The highest BCUT2D eigenvalue weighted by Crippen LogP contribution is 2.14. The van der Waals surface area contributed by atoms with Gasteiger partial charge in [-0.15, -0.1) is 0 Å². The second-order valence-electron chi connectivity index (χ2n) is 7.65. The number of amides is 2. The van der Waals surface area contributed by atoms with Crippen LogP contribution < -0.4 is 22.1 Å². The molecule has 14 nitrogen and oxygen atoms in total. The Bertz CT molecular complexity index is 826. The summed E-state index contributed by atoms with van der Waals surface area (Å²) in [4.78, 5) is 57.2. The van der Waals surface area contributed by atoms with E-state index in [-0.39, 0.29) is 13.2 Å². The van der Waals surface area contributed by atoms with Gasteiger partial charge in [0.15, 0.2) is 35.1 Å². The highest BCUT2D eigenvalue weighted by atomic mass is 16.5. The summed E-state index contributed by atoms with van der Waals surface area (Å²) in [5.74, 6) is -4.04. The predicted octanol–water partition coefficient (Wildman–Crippen LogP) is -0.183. The first-order valence-corrected chi connectivity index (χ1v) is 11.6. The number of hydrogen-bond acceptors (Lipinski definition) is 12. The maximum absolute atomic E-state index is 12.7. The number of nitrogens with zero attached hydrogens (tertiary/aromatic N) is 2.